The lowest BCUT2D eigenvalue weighted by atomic mass is 9.90. The van der Waals surface area contributed by atoms with Crippen LogP contribution in [-0.4, -0.2) is 37.2 Å². The summed E-state index contributed by atoms with van der Waals surface area (Å²) in [5.41, 5.74) is 3.86. The number of nitrogens with one attached hydrogen (secondary N) is 1. The van der Waals surface area contributed by atoms with Gasteiger partial charge in [-0.1, -0.05) is 12.1 Å². The van der Waals surface area contributed by atoms with E-state index in [0.29, 0.717) is 28.9 Å². The first-order chi connectivity index (χ1) is 15.0. The van der Waals surface area contributed by atoms with Gasteiger partial charge in [-0.25, -0.2) is 4.39 Å². The minimum absolute atomic E-state index is 0.203. The topological polar surface area (TPSA) is 84.7 Å². The summed E-state index contributed by atoms with van der Waals surface area (Å²) in [6, 6.07) is 6.32. The van der Waals surface area contributed by atoms with Crippen molar-refractivity contribution in [2.45, 2.75) is 32.1 Å². The Morgan fingerprint density at radius 2 is 2.00 bits per heavy atom. The van der Waals surface area contributed by atoms with Crippen LogP contribution in [0.5, 0.6) is 5.75 Å². The molecule has 8 heteroatoms. The van der Waals surface area contributed by atoms with Crippen LogP contribution in [0.25, 0.3) is 11.0 Å². The standard InChI is InChI=1S/C23H22FN3O4/c1-3-14-17(11-16-19(21(14)30-2)23(29)25-22(16)28)27-8-6-12(7-9-27)20-15-5-4-13(24)10-18(15)31-26-20/h4-5,10-12H,3,6-9H2,1-2H3,(H,25,28,29). The number of anilines is 1. The maximum absolute atomic E-state index is 13.5. The summed E-state index contributed by atoms with van der Waals surface area (Å²) in [4.78, 5) is 26.8. The van der Waals surface area contributed by atoms with Crippen LogP contribution < -0.4 is 15.0 Å². The highest BCUT2D eigenvalue weighted by molar-refractivity contribution is 6.23. The summed E-state index contributed by atoms with van der Waals surface area (Å²) < 4.78 is 24.4. The van der Waals surface area contributed by atoms with Crippen LogP contribution in [-0.2, 0) is 6.42 Å². The highest BCUT2D eigenvalue weighted by Gasteiger charge is 2.35. The van der Waals surface area contributed by atoms with Crippen LogP contribution in [0.2, 0.25) is 0 Å². The molecule has 2 aliphatic heterocycles. The van der Waals surface area contributed by atoms with Gasteiger partial charge in [0, 0.05) is 41.7 Å². The van der Waals surface area contributed by atoms with Crippen molar-refractivity contribution in [3.63, 3.8) is 0 Å². The molecule has 0 atom stereocenters. The van der Waals surface area contributed by atoms with Crippen LogP contribution in [0.1, 0.15) is 57.7 Å². The van der Waals surface area contributed by atoms with Crippen LogP contribution >= 0.6 is 0 Å². The van der Waals surface area contributed by atoms with Crippen LogP contribution in [0.3, 0.4) is 0 Å². The van der Waals surface area contributed by atoms with E-state index < -0.39 is 11.8 Å². The van der Waals surface area contributed by atoms with Crippen molar-refractivity contribution < 1.29 is 23.2 Å². The average molecular weight is 423 g/mol. The van der Waals surface area contributed by atoms with Gasteiger partial charge in [-0.05, 0) is 37.5 Å². The Morgan fingerprint density at radius 1 is 1.23 bits per heavy atom. The Labute approximate surface area is 178 Å². The van der Waals surface area contributed by atoms with E-state index in [1.54, 1.807) is 6.07 Å². The number of aromatic nitrogens is 1. The van der Waals surface area contributed by atoms with E-state index in [-0.39, 0.29) is 11.7 Å². The average Bonchev–Trinajstić information content (AvgIpc) is 3.32. The van der Waals surface area contributed by atoms with E-state index in [1.807, 2.05) is 13.0 Å². The summed E-state index contributed by atoms with van der Waals surface area (Å²) in [6.45, 7) is 3.52. The van der Waals surface area contributed by atoms with E-state index in [9.17, 15) is 14.0 Å². The van der Waals surface area contributed by atoms with Crippen LogP contribution in [0.4, 0.5) is 10.1 Å². The molecule has 160 valence electrons. The molecule has 1 aromatic heterocycles. The first kappa shape index (κ1) is 19.5. The van der Waals surface area contributed by atoms with Gasteiger partial charge >= 0.3 is 0 Å². The number of amides is 2. The van der Waals surface area contributed by atoms with Gasteiger partial charge < -0.3 is 14.2 Å². The number of imide groups is 1. The highest BCUT2D eigenvalue weighted by Crippen LogP contribution is 2.41. The lowest BCUT2D eigenvalue weighted by molar-refractivity contribution is 0.0879. The molecular weight excluding hydrogens is 401 g/mol. The number of piperidine rings is 1. The first-order valence-corrected chi connectivity index (χ1v) is 10.4. The second-order valence-corrected chi connectivity index (χ2v) is 7.94. The second kappa shape index (κ2) is 7.37. The normalized spacial score (nSPS) is 16.7. The number of nitrogens with zero attached hydrogens (tertiary/aromatic N) is 2. The van der Waals surface area contributed by atoms with E-state index in [0.717, 1.165) is 48.3 Å². The highest BCUT2D eigenvalue weighted by atomic mass is 19.1. The van der Waals surface area contributed by atoms with Gasteiger partial charge in [0.05, 0.1) is 23.9 Å². The van der Waals surface area contributed by atoms with E-state index in [4.69, 9.17) is 9.26 Å². The van der Waals surface area contributed by atoms with Crippen molar-refractivity contribution in [1.29, 1.82) is 0 Å². The minimum atomic E-state index is -0.411. The summed E-state index contributed by atoms with van der Waals surface area (Å²) >= 11 is 0. The van der Waals surface area contributed by atoms with Gasteiger partial charge in [-0.2, -0.15) is 0 Å². The third kappa shape index (κ3) is 3.05. The van der Waals surface area contributed by atoms with Crippen LogP contribution in [0, 0.1) is 5.82 Å². The quantitative estimate of drug-likeness (QED) is 0.643. The molecule has 2 aromatic carbocycles. The maximum atomic E-state index is 13.5. The molecule has 0 unspecified atom stereocenters. The molecule has 1 saturated heterocycles. The molecule has 3 heterocycles. The molecule has 31 heavy (non-hydrogen) atoms. The van der Waals surface area contributed by atoms with Crippen molar-refractivity contribution >= 4 is 28.5 Å². The summed E-state index contributed by atoms with van der Waals surface area (Å²) in [5.74, 6) is -0.464. The molecule has 7 nitrogen and oxygen atoms in total. The van der Waals surface area contributed by atoms with Gasteiger partial charge in [0.2, 0.25) is 0 Å². The number of rotatable bonds is 4. The number of benzene rings is 2. The van der Waals surface area contributed by atoms with Crippen molar-refractivity contribution in [3.8, 4) is 5.75 Å². The Bertz CT molecular complexity index is 1210. The Kier molecular flexibility index (Phi) is 4.64. The van der Waals surface area contributed by atoms with Crippen molar-refractivity contribution in [2.75, 3.05) is 25.1 Å². The Balaban J connectivity index is 1.45. The number of carbonyl (C=O) groups is 2. The summed E-state index contributed by atoms with van der Waals surface area (Å²) in [7, 11) is 1.53. The Morgan fingerprint density at radius 3 is 2.71 bits per heavy atom. The number of methoxy groups -OCH3 is 1. The zero-order valence-electron chi connectivity index (χ0n) is 17.3. The van der Waals surface area contributed by atoms with Gasteiger partial charge in [-0.3, -0.25) is 14.9 Å². The number of hydrogen-bond donors (Lipinski definition) is 1. The lowest BCUT2D eigenvalue weighted by Crippen LogP contribution is -2.34. The third-order valence-electron chi connectivity index (χ3n) is 6.30. The third-order valence-corrected chi connectivity index (χ3v) is 6.30. The largest absolute Gasteiger partial charge is 0.496 e. The predicted octanol–water partition coefficient (Wildman–Crippen LogP) is 3.81. The lowest BCUT2D eigenvalue weighted by Gasteiger charge is -2.35. The SMILES string of the molecule is CCc1c(N2CCC(c3noc4cc(F)ccc34)CC2)cc2c(c1OC)C(=O)NC2=O. The number of fused-ring (bicyclic) bond motifs is 2. The maximum Gasteiger partial charge on any atom is 0.262 e. The molecule has 0 spiro atoms. The van der Waals surface area contributed by atoms with Gasteiger partial charge in [-0.15, -0.1) is 0 Å². The molecule has 3 aromatic rings. The molecular formula is C23H22FN3O4. The van der Waals surface area contributed by atoms with Crippen molar-refractivity contribution in [3.05, 3.63) is 52.5 Å². The van der Waals surface area contributed by atoms with E-state index in [1.165, 1.54) is 19.2 Å². The number of halogens is 1. The monoisotopic (exact) mass is 423 g/mol. The zero-order chi connectivity index (χ0) is 21.7. The predicted molar refractivity (Wildman–Crippen MR) is 112 cm³/mol. The fourth-order valence-corrected chi connectivity index (χ4v) is 4.79. The Hall–Kier alpha value is -3.42. The fourth-order valence-electron chi connectivity index (χ4n) is 4.79. The number of hydrogen-bond acceptors (Lipinski definition) is 6. The first-order valence-electron chi connectivity index (χ1n) is 10.4. The molecule has 2 aliphatic rings. The van der Waals surface area contributed by atoms with Crippen molar-refractivity contribution in [1.82, 2.24) is 10.5 Å². The molecule has 0 saturated carbocycles. The van der Waals surface area contributed by atoms with Crippen LogP contribution in [0.15, 0.2) is 28.8 Å². The number of carbonyl (C=O) groups excluding carboxylic acids is 2. The number of ether oxygens (including phenoxy) is 1. The minimum Gasteiger partial charge on any atom is -0.496 e. The molecule has 0 radical (unpaired) electrons. The molecule has 2 amide bonds. The molecule has 0 aliphatic carbocycles. The van der Waals surface area contributed by atoms with E-state index >= 15 is 0 Å². The second-order valence-electron chi connectivity index (χ2n) is 7.94. The van der Waals surface area contributed by atoms with Gasteiger partial charge in [0.15, 0.2) is 5.58 Å². The van der Waals surface area contributed by atoms with Gasteiger partial charge in [0.25, 0.3) is 11.8 Å². The molecule has 5 rings (SSSR count). The zero-order valence-corrected chi connectivity index (χ0v) is 17.3. The van der Waals surface area contributed by atoms with E-state index in [2.05, 4.69) is 15.4 Å². The molecule has 1 fully saturated rings. The summed E-state index contributed by atoms with van der Waals surface area (Å²) in [5, 5.41) is 7.43. The molecule has 0 bridgehead atoms. The van der Waals surface area contributed by atoms with Crippen molar-refractivity contribution in [2.24, 2.45) is 0 Å². The molecule has 1 N–H and O–H groups in total. The fraction of sp³-hybridized carbons (Fsp3) is 0.348. The van der Waals surface area contributed by atoms with Gasteiger partial charge in [0.1, 0.15) is 11.6 Å². The smallest absolute Gasteiger partial charge is 0.262 e. The summed E-state index contributed by atoms with van der Waals surface area (Å²) in [6.07, 6.45) is 2.35.